The molecule has 9 nitrogen and oxygen atoms in total. The van der Waals surface area contributed by atoms with E-state index in [1.165, 1.54) is 6.07 Å². The van der Waals surface area contributed by atoms with Crippen LogP contribution in [0.15, 0.2) is 47.4 Å². The lowest BCUT2D eigenvalue weighted by Crippen LogP contribution is -2.21. The molecule has 0 aliphatic heterocycles. The Bertz CT molecular complexity index is 1110. The van der Waals surface area contributed by atoms with Crippen LogP contribution in [0.25, 0.3) is 0 Å². The Morgan fingerprint density at radius 3 is 2.40 bits per heavy atom. The van der Waals surface area contributed by atoms with Crippen molar-refractivity contribution < 1.29 is 40.8 Å². The molecular weight excluding hydrogens is 433 g/mol. The maximum Gasteiger partial charge on any atom is 0.416 e. The number of nitrogens with zero attached hydrogens (tertiary/aromatic N) is 1. The number of hydrogen-bond donors (Lipinski definition) is 1. The van der Waals surface area contributed by atoms with Gasteiger partial charge in [-0.15, -0.1) is 0 Å². The molecule has 0 saturated carbocycles. The number of anilines is 1. The van der Waals surface area contributed by atoms with Gasteiger partial charge in [0, 0.05) is 18.0 Å². The highest BCUT2D eigenvalue weighted by molar-refractivity contribution is 7.90. The highest BCUT2D eigenvalue weighted by atomic mass is 32.2. The minimum Gasteiger partial charge on any atom is -0.452 e. The maximum absolute atomic E-state index is 12.7. The van der Waals surface area contributed by atoms with Gasteiger partial charge in [-0.3, -0.25) is 14.9 Å². The van der Waals surface area contributed by atoms with E-state index in [0.29, 0.717) is 12.1 Å². The normalized spacial score (nSPS) is 11.6. The Balaban J connectivity index is 2.08. The molecule has 1 N–H and O–H groups in total. The van der Waals surface area contributed by atoms with Gasteiger partial charge in [0.15, 0.2) is 16.4 Å². The Labute approximate surface area is 167 Å². The average molecular weight is 446 g/mol. The third-order valence-corrected chi connectivity index (χ3v) is 4.74. The molecule has 30 heavy (non-hydrogen) atoms. The second kappa shape index (κ2) is 8.49. The summed E-state index contributed by atoms with van der Waals surface area (Å²) in [4.78, 5) is 33.3. The van der Waals surface area contributed by atoms with Crippen LogP contribution in [0.4, 0.5) is 24.5 Å². The van der Waals surface area contributed by atoms with Crippen molar-refractivity contribution in [2.24, 2.45) is 0 Å². The number of ether oxygens (including phenoxy) is 1. The van der Waals surface area contributed by atoms with Gasteiger partial charge in [0.2, 0.25) is 0 Å². The van der Waals surface area contributed by atoms with Crippen molar-refractivity contribution in [3.63, 3.8) is 0 Å². The fraction of sp³-hybridized carbons (Fsp3) is 0.176. The monoisotopic (exact) mass is 446 g/mol. The number of nitrogens with one attached hydrogen (secondary N) is 1. The molecule has 160 valence electrons. The predicted molar refractivity (Wildman–Crippen MR) is 96.6 cm³/mol. The van der Waals surface area contributed by atoms with E-state index in [1.54, 1.807) is 0 Å². The number of nitro groups is 1. The van der Waals surface area contributed by atoms with E-state index < -0.39 is 55.6 Å². The van der Waals surface area contributed by atoms with Gasteiger partial charge in [-0.1, -0.05) is 6.07 Å². The Hall–Kier alpha value is -3.48. The Morgan fingerprint density at radius 1 is 1.17 bits per heavy atom. The number of halogens is 3. The molecule has 0 aromatic heterocycles. The molecule has 0 atom stereocenters. The summed E-state index contributed by atoms with van der Waals surface area (Å²) in [7, 11) is -3.93. The van der Waals surface area contributed by atoms with E-state index in [-0.39, 0.29) is 11.3 Å². The largest absolute Gasteiger partial charge is 0.452 e. The van der Waals surface area contributed by atoms with Gasteiger partial charge < -0.3 is 10.1 Å². The molecule has 0 fully saturated rings. The van der Waals surface area contributed by atoms with Crippen LogP contribution >= 0.6 is 0 Å². The average Bonchev–Trinajstić information content (AvgIpc) is 2.64. The van der Waals surface area contributed by atoms with Gasteiger partial charge in [-0.25, -0.2) is 13.2 Å². The molecule has 2 aromatic carbocycles. The Morgan fingerprint density at radius 2 is 1.83 bits per heavy atom. The van der Waals surface area contributed by atoms with Crippen molar-refractivity contribution >= 4 is 33.1 Å². The number of esters is 1. The van der Waals surface area contributed by atoms with Crippen molar-refractivity contribution in [3.8, 4) is 0 Å². The number of amides is 1. The maximum atomic E-state index is 12.7. The summed E-state index contributed by atoms with van der Waals surface area (Å²) >= 11 is 0. The highest BCUT2D eigenvalue weighted by Crippen LogP contribution is 2.30. The molecule has 0 unspecified atom stereocenters. The minimum atomic E-state index is -4.61. The lowest BCUT2D eigenvalue weighted by Gasteiger charge is -2.10. The molecule has 0 aliphatic carbocycles. The van der Waals surface area contributed by atoms with Gasteiger partial charge in [-0.05, 0) is 30.3 Å². The van der Waals surface area contributed by atoms with E-state index in [0.717, 1.165) is 30.5 Å². The first-order chi connectivity index (χ1) is 13.8. The molecule has 0 radical (unpaired) electrons. The predicted octanol–water partition coefficient (Wildman–Crippen LogP) is 2.81. The SMILES string of the molecule is CS(=O)(=O)c1ccc(C(=O)OCC(=O)Nc2cccc(C(F)(F)F)c2)cc1[N+](=O)[O-]. The topological polar surface area (TPSA) is 133 Å². The highest BCUT2D eigenvalue weighted by Gasteiger charge is 2.30. The quantitative estimate of drug-likeness (QED) is 0.410. The third-order valence-electron chi connectivity index (χ3n) is 3.60. The van der Waals surface area contributed by atoms with Crippen molar-refractivity contribution in [3.05, 3.63) is 63.7 Å². The number of hydrogen-bond acceptors (Lipinski definition) is 7. The van der Waals surface area contributed by atoms with Crippen LogP contribution in [0, 0.1) is 10.1 Å². The van der Waals surface area contributed by atoms with Crippen molar-refractivity contribution in [2.45, 2.75) is 11.1 Å². The summed E-state index contributed by atoms with van der Waals surface area (Å²) in [5.41, 5.74) is -2.41. The van der Waals surface area contributed by atoms with Crippen LogP contribution in [0.5, 0.6) is 0 Å². The first-order valence-corrected chi connectivity index (χ1v) is 9.81. The van der Waals surface area contributed by atoms with E-state index in [2.05, 4.69) is 10.1 Å². The van der Waals surface area contributed by atoms with Crippen LogP contribution in [-0.4, -0.2) is 38.1 Å². The van der Waals surface area contributed by atoms with Gasteiger partial charge >= 0.3 is 12.1 Å². The number of carbonyl (C=O) groups excluding carboxylic acids is 2. The molecule has 0 bridgehead atoms. The zero-order chi connectivity index (χ0) is 22.7. The lowest BCUT2D eigenvalue weighted by atomic mass is 10.2. The standard InChI is InChI=1S/C17H13F3N2O7S/c1-30(27,28)14-6-5-10(7-13(14)22(25)26)16(24)29-9-15(23)21-12-4-2-3-11(8-12)17(18,19)20/h2-8H,9H2,1H3,(H,21,23). The molecule has 0 aliphatic rings. The third kappa shape index (κ3) is 5.76. The summed E-state index contributed by atoms with van der Waals surface area (Å²) in [5.74, 6) is -2.12. The zero-order valence-electron chi connectivity index (χ0n) is 15.1. The van der Waals surface area contributed by atoms with Crippen LogP contribution < -0.4 is 5.32 Å². The Kier molecular flexibility index (Phi) is 6.45. The molecule has 0 spiro atoms. The van der Waals surface area contributed by atoms with E-state index >= 15 is 0 Å². The molecule has 0 saturated heterocycles. The van der Waals surface area contributed by atoms with E-state index in [4.69, 9.17) is 0 Å². The number of rotatable bonds is 6. The number of sulfone groups is 1. The van der Waals surface area contributed by atoms with Crippen LogP contribution in [0.1, 0.15) is 15.9 Å². The number of carbonyl (C=O) groups is 2. The van der Waals surface area contributed by atoms with Crippen molar-refractivity contribution in [1.82, 2.24) is 0 Å². The first kappa shape index (κ1) is 22.8. The summed E-state index contributed by atoms with van der Waals surface area (Å²) in [6, 6.07) is 6.28. The fourth-order valence-corrected chi connectivity index (χ4v) is 3.11. The molecule has 2 aromatic rings. The summed E-state index contributed by atoms with van der Waals surface area (Å²) < 4.78 is 65.8. The minimum absolute atomic E-state index is 0.181. The smallest absolute Gasteiger partial charge is 0.416 e. The van der Waals surface area contributed by atoms with Crippen molar-refractivity contribution in [1.29, 1.82) is 0 Å². The second-order valence-corrected chi connectivity index (χ2v) is 7.90. The van der Waals surface area contributed by atoms with E-state index in [1.807, 2.05) is 0 Å². The molecule has 0 heterocycles. The van der Waals surface area contributed by atoms with Gasteiger partial charge in [0.25, 0.3) is 11.6 Å². The fourth-order valence-electron chi connectivity index (χ4n) is 2.29. The number of alkyl halides is 3. The number of nitro benzene ring substituents is 1. The van der Waals surface area contributed by atoms with Crippen LogP contribution in [0.2, 0.25) is 0 Å². The molecule has 2 rings (SSSR count). The molecule has 1 amide bonds. The zero-order valence-corrected chi connectivity index (χ0v) is 15.9. The van der Waals surface area contributed by atoms with Crippen molar-refractivity contribution in [2.75, 3.05) is 18.2 Å². The number of benzene rings is 2. The first-order valence-electron chi connectivity index (χ1n) is 7.92. The lowest BCUT2D eigenvalue weighted by molar-refractivity contribution is -0.387. The van der Waals surface area contributed by atoms with Crippen LogP contribution in [-0.2, 0) is 25.5 Å². The molecular formula is C17H13F3N2O7S. The molecule has 13 heteroatoms. The summed E-state index contributed by atoms with van der Waals surface area (Å²) in [5, 5.41) is 13.2. The van der Waals surface area contributed by atoms with E-state index in [9.17, 15) is 41.3 Å². The van der Waals surface area contributed by atoms with Gasteiger partial charge in [-0.2, -0.15) is 13.2 Å². The summed E-state index contributed by atoms with van der Waals surface area (Å²) in [6.45, 7) is -0.892. The van der Waals surface area contributed by atoms with Gasteiger partial charge in [0.05, 0.1) is 16.1 Å². The summed E-state index contributed by atoms with van der Waals surface area (Å²) in [6.07, 6.45) is -3.86. The van der Waals surface area contributed by atoms with Crippen LogP contribution in [0.3, 0.4) is 0 Å². The second-order valence-electron chi connectivity index (χ2n) is 5.91. The van der Waals surface area contributed by atoms with Gasteiger partial charge in [0.1, 0.15) is 4.90 Å².